The van der Waals surface area contributed by atoms with Gasteiger partial charge in [0.1, 0.15) is 5.76 Å². The fourth-order valence-electron chi connectivity index (χ4n) is 3.46. The number of oxazole rings is 1. The minimum Gasteiger partial charge on any atom is -0.441 e. The summed E-state index contributed by atoms with van der Waals surface area (Å²) < 4.78 is 11.3. The Hall–Kier alpha value is -2.14. The summed E-state index contributed by atoms with van der Waals surface area (Å²) >= 11 is 0. The molecule has 140 valence electrons. The van der Waals surface area contributed by atoms with E-state index in [0.717, 1.165) is 5.56 Å². The molecular formula is C21H28N2O3. The highest BCUT2D eigenvalue weighted by Gasteiger charge is 2.30. The molecule has 1 aliphatic heterocycles. The summed E-state index contributed by atoms with van der Waals surface area (Å²) in [5.74, 6) is 1.84. The number of carbonyl (C=O) groups excluding carboxylic acids is 1. The fourth-order valence-corrected chi connectivity index (χ4v) is 3.46. The second kappa shape index (κ2) is 7.62. The van der Waals surface area contributed by atoms with Crippen LogP contribution >= 0.6 is 0 Å². The highest BCUT2D eigenvalue weighted by Crippen LogP contribution is 2.25. The summed E-state index contributed by atoms with van der Waals surface area (Å²) in [5, 5.41) is 0. The van der Waals surface area contributed by atoms with Crippen molar-refractivity contribution < 1.29 is 13.9 Å². The van der Waals surface area contributed by atoms with Crippen molar-refractivity contribution in [1.82, 2.24) is 9.88 Å². The third-order valence-corrected chi connectivity index (χ3v) is 4.99. The molecule has 5 nitrogen and oxygen atoms in total. The first kappa shape index (κ1) is 18.6. The fraction of sp³-hybridized carbons (Fsp3) is 0.524. The number of ether oxygens (including phenoxy) is 1. The lowest BCUT2D eigenvalue weighted by Gasteiger charge is -2.38. The molecule has 1 amide bonds. The molecule has 0 aliphatic carbocycles. The van der Waals surface area contributed by atoms with Gasteiger partial charge < -0.3 is 14.1 Å². The molecule has 1 aromatic carbocycles. The maximum atomic E-state index is 12.8. The quantitative estimate of drug-likeness (QED) is 0.832. The van der Waals surface area contributed by atoms with Crippen molar-refractivity contribution in [3.05, 3.63) is 41.3 Å². The van der Waals surface area contributed by atoms with Gasteiger partial charge in [-0.2, -0.15) is 0 Å². The van der Waals surface area contributed by atoms with Crippen LogP contribution in [-0.2, 0) is 16.0 Å². The second-order valence-electron chi connectivity index (χ2n) is 7.51. The van der Waals surface area contributed by atoms with Crippen LogP contribution in [0.15, 0.2) is 28.7 Å². The molecule has 0 saturated carbocycles. The van der Waals surface area contributed by atoms with Gasteiger partial charge in [0.25, 0.3) is 0 Å². The third kappa shape index (κ3) is 3.83. The number of rotatable bonds is 4. The van der Waals surface area contributed by atoms with Gasteiger partial charge in [0, 0.05) is 5.56 Å². The van der Waals surface area contributed by atoms with Gasteiger partial charge in [-0.1, -0.05) is 26.0 Å². The molecule has 2 heterocycles. The number of carbonyl (C=O) groups is 1. The number of nitrogens with zero attached hydrogens (tertiary/aromatic N) is 2. The first-order valence-electron chi connectivity index (χ1n) is 9.32. The van der Waals surface area contributed by atoms with Gasteiger partial charge in [-0.15, -0.1) is 0 Å². The van der Waals surface area contributed by atoms with Crippen LogP contribution in [0.3, 0.4) is 0 Å². The number of benzene rings is 1. The summed E-state index contributed by atoms with van der Waals surface area (Å²) in [6.45, 7) is 11.4. The van der Waals surface area contributed by atoms with Crippen molar-refractivity contribution in [1.29, 1.82) is 0 Å². The van der Waals surface area contributed by atoms with E-state index in [2.05, 4.69) is 31.0 Å². The molecule has 1 fully saturated rings. The van der Waals surface area contributed by atoms with E-state index >= 15 is 0 Å². The highest BCUT2D eigenvalue weighted by atomic mass is 16.5. The van der Waals surface area contributed by atoms with Crippen molar-refractivity contribution in [3.63, 3.8) is 0 Å². The predicted molar refractivity (Wildman–Crippen MR) is 101 cm³/mol. The molecule has 0 radical (unpaired) electrons. The summed E-state index contributed by atoms with van der Waals surface area (Å²) in [5.41, 5.74) is 2.93. The zero-order chi connectivity index (χ0) is 18.8. The Morgan fingerprint density at radius 3 is 2.38 bits per heavy atom. The van der Waals surface area contributed by atoms with Gasteiger partial charge in [-0.3, -0.25) is 4.79 Å². The van der Waals surface area contributed by atoms with Gasteiger partial charge in [0.2, 0.25) is 11.8 Å². The lowest BCUT2D eigenvalue weighted by atomic mass is 10.0. The zero-order valence-electron chi connectivity index (χ0n) is 16.3. The number of aryl methyl sites for hydroxylation is 1. The van der Waals surface area contributed by atoms with Gasteiger partial charge >= 0.3 is 0 Å². The van der Waals surface area contributed by atoms with E-state index in [4.69, 9.17) is 9.15 Å². The molecule has 1 saturated heterocycles. The lowest BCUT2D eigenvalue weighted by molar-refractivity contribution is -0.143. The Morgan fingerprint density at radius 1 is 1.19 bits per heavy atom. The third-order valence-electron chi connectivity index (χ3n) is 4.99. The summed E-state index contributed by atoms with van der Waals surface area (Å²) in [6, 6.07) is 8.42. The van der Waals surface area contributed by atoms with Crippen molar-refractivity contribution in [3.8, 4) is 11.5 Å². The van der Waals surface area contributed by atoms with E-state index in [0.29, 0.717) is 36.5 Å². The molecule has 2 unspecified atom stereocenters. The van der Waals surface area contributed by atoms with Crippen LogP contribution in [0.1, 0.15) is 50.6 Å². The normalized spacial score (nSPS) is 20.6. The molecule has 26 heavy (non-hydrogen) atoms. The highest BCUT2D eigenvalue weighted by molar-refractivity contribution is 5.79. The van der Waals surface area contributed by atoms with Crippen LogP contribution < -0.4 is 0 Å². The number of morpholine rings is 1. The van der Waals surface area contributed by atoms with Crippen LogP contribution in [0.5, 0.6) is 0 Å². The van der Waals surface area contributed by atoms with E-state index in [1.807, 2.05) is 37.8 Å². The van der Waals surface area contributed by atoms with E-state index in [1.165, 1.54) is 5.56 Å². The van der Waals surface area contributed by atoms with Gasteiger partial charge in [-0.05, 0) is 44.4 Å². The Morgan fingerprint density at radius 2 is 1.81 bits per heavy atom. The Balaban J connectivity index is 1.76. The summed E-state index contributed by atoms with van der Waals surface area (Å²) in [4.78, 5) is 19.3. The number of aromatic nitrogens is 1. The Bertz CT molecular complexity index is 754. The van der Waals surface area contributed by atoms with E-state index in [1.54, 1.807) is 0 Å². The Labute approximate surface area is 155 Å². The van der Waals surface area contributed by atoms with Crippen LogP contribution in [0.25, 0.3) is 11.5 Å². The molecule has 1 aliphatic rings. The molecule has 1 aromatic heterocycles. The topological polar surface area (TPSA) is 55.6 Å². The van der Waals surface area contributed by atoms with Gasteiger partial charge in [-0.25, -0.2) is 4.98 Å². The summed E-state index contributed by atoms with van der Waals surface area (Å²) in [6.07, 6.45) is 0.258. The average molecular weight is 356 g/mol. The Kier molecular flexibility index (Phi) is 5.47. The predicted octanol–water partition coefficient (Wildman–Crippen LogP) is 3.95. The monoisotopic (exact) mass is 356 g/mol. The standard InChI is InChI=1S/C21H28N2O3/c1-13(2)17-6-8-18(9-7-17)21-22-19(16(5)26-21)10-20(24)23-14(3)11-25-12-15(23)4/h6-9,13-15H,10-12H2,1-5H3. The maximum absolute atomic E-state index is 12.8. The van der Waals surface area contributed by atoms with Crippen LogP contribution in [-0.4, -0.2) is 41.1 Å². The van der Waals surface area contributed by atoms with E-state index in [9.17, 15) is 4.79 Å². The molecule has 2 atom stereocenters. The first-order chi connectivity index (χ1) is 12.4. The second-order valence-corrected chi connectivity index (χ2v) is 7.51. The molecule has 0 N–H and O–H groups in total. The minimum absolute atomic E-state index is 0.0754. The van der Waals surface area contributed by atoms with Gasteiger partial charge in [0.05, 0.1) is 37.4 Å². The summed E-state index contributed by atoms with van der Waals surface area (Å²) in [7, 11) is 0. The number of hydrogen-bond donors (Lipinski definition) is 0. The van der Waals surface area contributed by atoms with Crippen LogP contribution in [0.4, 0.5) is 0 Å². The first-order valence-corrected chi connectivity index (χ1v) is 9.32. The molecule has 0 bridgehead atoms. The molecule has 5 heteroatoms. The van der Waals surface area contributed by atoms with Gasteiger partial charge in [0.15, 0.2) is 0 Å². The minimum atomic E-state index is 0.0754. The van der Waals surface area contributed by atoms with Crippen molar-refractivity contribution in [2.24, 2.45) is 0 Å². The van der Waals surface area contributed by atoms with E-state index < -0.39 is 0 Å². The van der Waals surface area contributed by atoms with Crippen LogP contribution in [0.2, 0.25) is 0 Å². The zero-order valence-corrected chi connectivity index (χ0v) is 16.3. The lowest BCUT2D eigenvalue weighted by Crippen LogP contribution is -2.53. The molecule has 3 rings (SSSR count). The van der Waals surface area contributed by atoms with Crippen molar-refractivity contribution >= 4 is 5.91 Å². The molecule has 2 aromatic rings. The average Bonchev–Trinajstić information content (AvgIpc) is 2.95. The largest absolute Gasteiger partial charge is 0.441 e. The SMILES string of the molecule is Cc1oc(-c2ccc(C(C)C)cc2)nc1CC(=O)N1C(C)COCC1C. The van der Waals surface area contributed by atoms with Crippen LogP contribution in [0, 0.1) is 6.92 Å². The molecule has 0 spiro atoms. The smallest absolute Gasteiger partial charge is 0.229 e. The maximum Gasteiger partial charge on any atom is 0.229 e. The van der Waals surface area contributed by atoms with Crippen molar-refractivity contribution in [2.45, 2.75) is 59.0 Å². The van der Waals surface area contributed by atoms with E-state index in [-0.39, 0.29) is 24.4 Å². The van der Waals surface area contributed by atoms with Crippen molar-refractivity contribution in [2.75, 3.05) is 13.2 Å². The molecular weight excluding hydrogens is 328 g/mol. The number of amides is 1. The number of hydrogen-bond acceptors (Lipinski definition) is 4.